The number of β-amino-alcohol motifs (C(OH)–C–C–N with tert-alkyl or cyclic N) is 1. The number of amides is 1. The van der Waals surface area contributed by atoms with E-state index in [1.54, 1.807) is 0 Å². The van der Waals surface area contributed by atoms with E-state index in [1.807, 2.05) is 25.7 Å². The maximum Gasteiger partial charge on any atom is 0.410 e. The van der Waals surface area contributed by atoms with Gasteiger partial charge in [0.15, 0.2) is 0 Å². The number of hydrogen-bond acceptors (Lipinski definition) is 4. The average molecular weight is 284 g/mol. The van der Waals surface area contributed by atoms with Crippen molar-refractivity contribution in [3.05, 3.63) is 0 Å². The third-order valence-corrected chi connectivity index (χ3v) is 3.93. The normalized spacial score (nSPS) is 28.7. The fourth-order valence-electron chi connectivity index (χ4n) is 3.05. The lowest BCUT2D eigenvalue weighted by Gasteiger charge is -2.35. The molecule has 1 N–H and O–H groups in total. The number of carbonyl (C=O) groups excluding carboxylic acids is 1. The van der Waals surface area contributed by atoms with Crippen LogP contribution in [0.5, 0.6) is 0 Å². The zero-order valence-electron chi connectivity index (χ0n) is 13.0. The molecule has 2 atom stereocenters. The lowest BCUT2D eigenvalue weighted by atomic mass is 9.98. The van der Waals surface area contributed by atoms with Crippen molar-refractivity contribution in [2.24, 2.45) is 5.92 Å². The summed E-state index contributed by atoms with van der Waals surface area (Å²) in [4.78, 5) is 16.3. The van der Waals surface area contributed by atoms with Crippen molar-refractivity contribution in [2.75, 3.05) is 32.7 Å². The molecular formula is C15H28N2O3. The van der Waals surface area contributed by atoms with Crippen LogP contribution in [0.2, 0.25) is 0 Å². The largest absolute Gasteiger partial charge is 0.444 e. The molecule has 5 nitrogen and oxygen atoms in total. The van der Waals surface area contributed by atoms with E-state index in [0.29, 0.717) is 5.92 Å². The third kappa shape index (κ3) is 4.63. The van der Waals surface area contributed by atoms with Gasteiger partial charge in [0.1, 0.15) is 5.60 Å². The molecular weight excluding hydrogens is 256 g/mol. The molecule has 0 aliphatic carbocycles. The van der Waals surface area contributed by atoms with Crippen molar-refractivity contribution in [3.63, 3.8) is 0 Å². The minimum absolute atomic E-state index is 0.166. The number of piperidine rings is 1. The SMILES string of the molecule is CC(C)(C)OC(=O)N1CCCC(CN2CCC(O)C2)C1. The summed E-state index contributed by atoms with van der Waals surface area (Å²) in [5.74, 6) is 0.501. The van der Waals surface area contributed by atoms with Crippen LogP contribution in [0.15, 0.2) is 0 Å². The Hall–Kier alpha value is -0.810. The molecule has 2 saturated heterocycles. The molecule has 2 aliphatic rings. The van der Waals surface area contributed by atoms with Crippen molar-refractivity contribution in [1.82, 2.24) is 9.80 Å². The van der Waals surface area contributed by atoms with Gasteiger partial charge in [0.2, 0.25) is 0 Å². The summed E-state index contributed by atoms with van der Waals surface area (Å²) in [6.45, 7) is 10.0. The molecule has 20 heavy (non-hydrogen) atoms. The van der Waals surface area contributed by atoms with Crippen molar-refractivity contribution in [2.45, 2.75) is 51.7 Å². The van der Waals surface area contributed by atoms with Gasteiger partial charge in [0, 0.05) is 32.7 Å². The molecule has 2 unspecified atom stereocenters. The van der Waals surface area contributed by atoms with Crippen molar-refractivity contribution in [3.8, 4) is 0 Å². The fraction of sp³-hybridized carbons (Fsp3) is 0.933. The van der Waals surface area contributed by atoms with Crippen LogP contribution in [-0.2, 0) is 4.74 Å². The molecule has 0 aromatic rings. The van der Waals surface area contributed by atoms with E-state index in [9.17, 15) is 9.90 Å². The van der Waals surface area contributed by atoms with Gasteiger partial charge in [-0.25, -0.2) is 4.79 Å². The Labute approximate surface area is 121 Å². The van der Waals surface area contributed by atoms with Gasteiger partial charge >= 0.3 is 6.09 Å². The topological polar surface area (TPSA) is 53.0 Å². The van der Waals surface area contributed by atoms with E-state index >= 15 is 0 Å². The second-order valence-electron chi connectivity index (χ2n) is 7.14. The predicted octanol–water partition coefficient (Wildman–Crippen LogP) is 1.70. The van der Waals surface area contributed by atoms with E-state index in [4.69, 9.17) is 4.74 Å². The average Bonchev–Trinajstić information content (AvgIpc) is 2.73. The molecule has 2 rings (SSSR count). The highest BCUT2D eigenvalue weighted by Crippen LogP contribution is 2.21. The number of aliphatic hydroxyl groups is 1. The van der Waals surface area contributed by atoms with Crippen LogP contribution in [0, 0.1) is 5.92 Å². The molecule has 2 heterocycles. The van der Waals surface area contributed by atoms with Gasteiger partial charge in [-0.3, -0.25) is 0 Å². The van der Waals surface area contributed by atoms with Gasteiger partial charge in [-0.15, -0.1) is 0 Å². The molecule has 5 heteroatoms. The van der Waals surface area contributed by atoms with Crippen molar-refractivity contribution in [1.29, 1.82) is 0 Å². The lowest BCUT2D eigenvalue weighted by Crippen LogP contribution is -2.45. The number of aliphatic hydroxyl groups excluding tert-OH is 1. The summed E-state index contributed by atoms with van der Waals surface area (Å²) < 4.78 is 5.45. The molecule has 2 aliphatic heterocycles. The Morgan fingerprint density at radius 3 is 2.60 bits per heavy atom. The van der Waals surface area contributed by atoms with Crippen LogP contribution in [0.1, 0.15) is 40.0 Å². The van der Waals surface area contributed by atoms with Gasteiger partial charge in [0.25, 0.3) is 0 Å². The second kappa shape index (κ2) is 6.31. The fourth-order valence-corrected chi connectivity index (χ4v) is 3.05. The molecule has 0 aromatic carbocycles. The Kier molecular flexibility index (Phi) is 4.91. The highest BCUT2D eigenvalue weighted by molar-refractivity contribution is 5.68. The summed E-state index contributed by atoms with van der Waals surface area (Å²) in [5.41, 5.74) is -0.427. The molecule has 2 fully saturated rings. The maximum atomic E-state index is 12.1. The van der Waals surface area contributed by atoms with Gasteiger partial charge < -0.3 is 19.6 Å². The summed E-state index contributed by atoms with van der Waals surface area (Å²) in [7, 11) is 0. The van der Waals surface area contributed by atoms with Crippen LogP contribution >= 0.6 is 0 Å². The Morgan fingerprint density at radius 1 is 1.25 bits per heavy atom. The standard InChI is InChI=1S/C15H28N2O3/c1-15(2,3)20-14(19)17-7-4-5-12(10-17)9-16-8-6-13(18)11-16/h12-13,18H,4-11H2,1-3H3. The Morgan fingerprint density at radius 2 is 2.00 bits per heavy atom. The van der Waals surface area contributed by atoms with Crippen molar-refractivity contribution >= 4 is 6.09 Å². The first-order valence-corrected chi connectivity index (χ1v) is 7.72. The minimum atomic E-state index is -0.427. The molecule has 0 aromatic heterocycles. The molecule has 0 radical (unpaired) electrons. The van der Waals surface area contributed by atoms with Gasteiger partial charge in [-0.2, -0.15) is 0 Å². The Bertz CT molecular complexity index is 341. The van der Waals surface area contributed by atoms with Crippen LogP contribution in [0.25, 0.3) is 0 Å². The number of carbonyl (C=O) groups is 1. The number of rotatable bonds is 2. The number of ether oxygens (including phenoxy) is 1. The lowest BCUT2D eigenvalue weighted by molar-refractivity contribution is 0.0146. The molecule has 0 bridgehead atoms. The summed E-state index contributed by atoms with van der Waals surface area (Å²) in [5, 5.41) is 9.57. The van der Waals surface area contributed by atoms with Crippen LogP contribution in [0.3, 0.4) is 0 Å². The van der Waals surface area contributed by atoms with E-state index in [-0.39, 0.29) is 12.2 Å². The van der Waals surface area contributed by atoms with Gasteiger partial charge in [-0.1, -0.05) is 0 Å². The number of likely N-dealkylation sites (tertiary alicyclic amines) is 2. The van der Waals surface area contributed by atoms with Crippen LogP contribution in [0.4, 0.5) is 4.79 Å². The van der Waals surface area contributed by atoms with Gasteiger partial charge in [-0.05, 0) is 46.0 Å². The van der Waals surface area contributed by atoms with E-state index in [2.05, 4.69) is 4.90 Å². The predicted molar refractivity (Wildman–Crippen MR) is 77.6 cm³/mol. The van der Waals surface area contributed by atoms with E-state index < -0.39 is 5.60 Å². The second-order valence-corrected chi connectivity index (χ2v) is 7.14. The number of hydrogen-bond donors (Lipinski definition) is 1. The van der Waals surface area contributed by atoms with Crippen LogP contribution < -0.4 is 0 Å². The molecule has 0 spiro atoms. The molecule has 0 saturated carbocycles. The third-order valence-electron chi connectivity index (χ3n) is 3.93. The highest BCUT2D eigenvalue weighted by atomic mass is 16.6. The Balaban J connectivity index is 1.80. The van der Waals surface area contributed by atoms with Crippen LogP contribution in [-0.4, -0.2) is 65.4 Å². The maximum absolute atomic E-state index is 12.1. The first-order chi connectivity index (χ1) is 9.33. The number of nitrogens with zero attached hydrogens (tertiary/aromatic N) is 2. The van der Waals surface area contributed by atoms with Gasteiger partial charge in [0.05, 0.1) is 6.10 Å². The zero-order valence-corrected chi connectivity index (χ0v) is 13.0. The first kappa shape index (κ1) is 15.6. The summed E-state index contributed by atoms with van der Waals surface area (Å²) in [6.07, 6.45) is 2.72. The minimum Gasteiger partial charge on any atom is -0.444 e. The molecule has 1 amide bonds. The zero-order chi connectivity index (χ0) is 14.8. The van der Waals surface area contributed by atoms with E-state index in [0.717, 1.165) is 52.0 Å². The summed E-state index contributed by atoms with van der Waals surface area (Å²) in [6, 6.07) is 0. The van der Waals surface area contributed by atoms with E-state index in [1.165, 1.54) is 0 Å². The smallest absolute Gasteiger partial charge is 0.410 e. The monoisotopic (exact) mass is 284 g/mol. The molecule has 116 valence electrons. The summed E-state index contributed by atoms with van der Waals surface area (Å²) >= 11 is 0. The highest BCUT2D eigenvalue weighted by Gasteiger charge is 2.30. The van der Waals surface area contributed by atoms with Crippen molar-refractivity contribution < 1.29 is 14.6 Å². The first-order valence-electron chi connectivity index (χ1n) is 7.72. The quantitative estimate of drug-likeness (QED) is 0.838.